The van der Waals surface area contributed by atoms with E-state index in [2.05, 4.69) is 43.9 Å². The average Bonchev–Trinajstić information content (AvgIpc) is 3.43. The second-order valence-electron chi connectivity index (χ2n) is 23.5. The highest BCUT2D eigenvalue weighted by atomic mass is 16.4. The molecule has 0 aliphatic heterocycles. The summed E-state index contributed by atoms with van der Waals surface area (Å²) in [5.41, 5.74) is 3.25. The number of hydrogen-bond donors (Lipinski definition) is 8. The lowest BCUT2D eigenvalue weighted by molar-refractivity contribution is -0.220. The van der Waals surface area contributed by atoms with E-state index in [1.54, 1.807) is 18.2 Å². The molecule has 360 valence electrons. The van der Waals surface area contributed by atoms with Gasteiger partial charge in [0, 0.05) is 76.2 Å². The molecule has 11 rings (SSSR count). The lowest BCUT2D eigenvalue weighted by Gasteiger charge is -2.72. The summed E-state index contributed by atoms with van der Waals surface area (Å²) in [4.78, 5) is 49.2. The SMILES string of the molecule is C[C@H](O)C/C(C(=O)O)=C1/CC[C@]2(N=C(N)N)C=C[C@@]34C[C@@]5(O)C=C[C@]6(O)C7=C8C(=O)[C@@H](CCCC[C@@H]3[C@]2(O)[C@@H]1O)[C@@]4(C)[C@]75CCC#CC[C@]1(C)C(=O)CC[C@@]8(C)[C@@H]1[C@H]6C1=Cc2ccccc2CC1. The Morgan fingerprint density at radius 1 is 0.912 bits per heavy atom. The van der Waals surface area contributed by atoms with Crippen molar-refractivity contribution in [3.8, 4) is 11.8 Å². The van der Waals surface area contributed by atoms with Crippen molar-refractivity contribution in [1.29, 1.82) is 0 Å². The number of aliphatic hydroxyl groups is 5. The predicted molar refractivity (Wildman–Crippen MR) is 255 cm³/mol. The zero-order valence-corrected chi connectivity index (χ0v) is 39.8. The fraction of sp³-hybridized carbons (Fsp3) is 0.607. The molecular formula is C56H67N3O9. The number of aliphatic hydroxyl groups excluding tert-OH is 2. The molecule has 0 aromatic heterocycles. The standard InChI is InChI=1S/C56H67N3O9/c1-31(60)28-36(46(64)65)35-18-23-52(59-47(57)58)25-24-51-30-53(66)26-27-54(67)40(34-17-16-32-12-6-7-13-33(32)29-34)43-48(2)20-10-5-11-21-55(53)44(54)41(49(43,3)22-19-39(48)61)42(62)37(50(51,55)4)14-8-9-15-38(51)56(52,68)45(35)63/h6-7,12-13,24-27,29,31,37-38,40,43,45,60,63,66-68H,8-9,11,14-23,28,30H2,1-4H3,(H,64,65)(H4,57,58,59)/b36-35+/t31-,37+,38-,40+,43+,45+,48+,49+,50+,51+,52-,53-,54+,55-,56-/m0/s1. The average molecular weight is 926 g/mol. The number of rotatable bonds is 5. The maximum Gasteiger partial charge on any atom is 0.331 e. The molecule has 68 heavy (non-hydrogen) atoms. The van der Waals surface area contributed by atoms with Gasteiger partial charge in [0.05, 0.1) is 11.7 Å². The Labute approximate surface area is 398 Å². The quantitative estimate of drug-likeness (QED) is 0.0600. The van der Waals surface area contributed by atoms with E-state index in [1.807, 2.05) is 25.1 Å². The van der Waals surface area contributed by atoms with Gasteiger partial charge in [-0.25, -0.2) is 9.79 Å². The van der Waals surface area contributed by atoms with Crippen LogP contribution in [-0.4, -0.2) is 88.7 Å². The molecule has 15 atom stereocenters. The Bertz CT molecular complexity index is 2740. The monoisotopic (exact) mass is 925 g/mol. The minimum Gasteiger partial charge on any atom is -0.478 e. The van der Waals surface area contributed by atoms with Crippen molar-refractivity contribution in [2.45, 2.75) is 159 Å². The van der Waals surface area contributed by atoms with Crippen LogP contribution in [0, 0.1) is 62.6 Å². The lowest BCUT2D eigenvalue weighted by Crippen LogP contribution is -2.76. The summed E-state index contributed by atoms with van der Waals surface area (Å²) in [5, 5.41) is 77.2. The van der Waals surface area contributed by atoms with Gasteiger partial charge in [-0.05, 0) is 104 Å². The van der Waals surface area contributed by atoms with Crippen LogP contribution in [-0.2, 0) is 20.8 Å². The van der Waals surface area contributed by atoms with Crippen LogP contribution in [0.4, 0.5) is 0 Å². The zero-order valence-electron chi connectivity index (χ0n) is 39.8. The molecule has 0 amide bonds. The van der Waals surface area contributed by atoms with Crippen molar-refractivity contribution in [2.24, 2.45) is 67.2 Å². The van der Waals surface area contributed by atoms with Gasteiger partial charge in [-0.1, -0.05) is 87.8 Å². The molecule has 4 bridgehead atoms. The highest BCUT2D eigenvalue weighted by Gasteiger charge is 2.87. The molecule has 0 unspecified atom stereocenters. The normalized spacial score (nSPS) is 47.1. The predicted octanol–water partition coefficient (Wildman–Crippen LogP) is 5.55. The molecule has 0 heterocycles. The van der Waals surface area contributed by atoms with Crippen LogP contribution < -0.4 is 11.5 Å². The number of carboxylic acids is 1. The second-order valence-corrected chi connectivity index (χ2v) is 23.5. The number of ketones is 2. The Balaban J connectivity index is 1.24. The number of carbonyl (C=O) groups is 3. The highest BCUT2D eigenvalue weighted by molar-refractivity contribution is 6.04. The third-order valence-electron chi connectivity index (χ3n) is 20.8. The van der Waals surface area contributed by atoms with Gasteiger partial charge >= 0.3 is 5.97 Å². The van der Waals surface area contributed by atoms with Crippen molar-refractivity contribution < 1.29 is 45.0 Å². The van der Waals surface area contributed by atoms with Crippen LogP contribution in [0.25, 0.3) is 6.08 Å². The van der Waals surface area contributed by atoms with E-state index in [1.165, 1.54) is 12.5 Å². The van der Waals surface area contributed by atoms with Gasteiger partial charge < -0.3 is 42.1 Å². The van der Waals surface area contributed by atoms with Crippen molar-refractivity contribution in [3.63, 3.8) is 0 Å². The summed E-state index contributed by atoms with van der Waals surface area (Å²) in [5.74, 6) is 2.36. The van der Waals surface area contributed by atoms with Crippen LogP contribution in [0.15, 0.2) is 81.4 Å². The number of aliphatic imine (C=N–C) groups is 1. The first-order chi connectivity index (χ1) is 32.1. The third kappa shape index (κ3) is 5.20. The number of carboxylic acid groups (broad SMARTS) is 1. The summed E-state index contributed by atoms with van der Waals surface area (Å²) < 4.78 is 0. The van der Waals surface area contributed by atoms with E-state index in [4.69, 9.17) is 16.5 Å². The Morgan fingerprint density at radius 2 is 1.66 bits per heavy atom. The number of allylic oxidation sites excluding steroid dienone is 2. The first-order valence-corrected chi connectivity index (χ1v) is 25.1. The van der Waals surface area contributed by atoms with Gasteiger partial charge in [0.1, 0.15) is 28.6 Å². The Kier molecular flexibility index (Phi) is 9.75. The number of Topliss-reactive ketones (excluding diaryl/α,β-unsaturated/α-hetero) is 2. The molecule has 10 aliphatic carbocycles. The molecular weight excluding hydrogens is 859 g/mol. The molecule has 12 heteroatoms. The second kappa shape index (κ2) is 14.5. The smallest absolute Gasteiger partial charge is 0.331 e. The molecule has 10 N–H and O–H groups in total. The molecule has 1 aromatic carbocycles. The molecule has 0 saturated heterocycles. The topological polar surface area (TPSA) is 237 Å². The van der Waals surface area contributed by atoms with Crippen LogP contribution >= 0.6 is 0 Å². The molecule has 4 fully saturated rings. The fourth-order valence-corrected chi connectivity index (χ4v) is 18.3. The summed E-state index contributed by atoms with van der Waals surface area (Å²) >= 11 is 0. The molecule has 2 spiro atoms. The van der Waals surface area contributed by atoms with Gasteiger partial charge in [0.25, 0.3) is 0 Å². The Hall–Kier alpha value is -4.64. The van der Waals surface area contributed by atoms with Crippen LogP contribution in [0.2, 0.25) is 0 Å². The van der Waals surface area contributed by atoms with Gasteiger partial charge in [-0.15, -0.1) is 11.8 Å². The number of carbonyl (C=O) groups excluding carboxylic acids is 2. The number of benzene rings is 1. The summed E-state index contributed by atoms with van der Waals surface area (Å²) in [6.07, 6.45) is 11.1. The largest absolute Gasteiger partial charge is 0.478 e. The van der Waals surface area contributed by atoms with Crippen molar-refractivity contribution in [3.05, 3.63) is 87.6 Å². The third-order valence-corrected chi connectivity index (χ3v) is 20.8. The lowest BCUT2D eigenvalue weighted by atomic mass is 9.31. The zero-order chi connectivity index (χ0) is 48.4. The van der Waals surface area contributed by atoms with Gasteiger partial charge in [0.2, 0.25) is 0 Å². The summed E-state index contributed by atoms with van der Waals surface area (Å²) in [7, 11) is 0. The van der Waals surface area contributed by atoms with E-state index >= 15 is 4.79 Å². The highest BCUT2D eigenvalue weighted by Crippen LogP contribution is 2.86. The molecule has 0 radical (unpaired) electrons. The minimum atomic E-state index is -2.28. The first kappa shape index (κ1) is 45.8. The first-order valence-electron chi connectivity index (χ1n) is 25.1. The number of fused-ring (bicyclic) bond motifs is 4. The van der Waals surface area contributed by atoms with Gasteiger partial charge in [0.15, 0.2) is 11.7 Å². The van der Waals surface area contributed by atoms with E-state index < -0.39 is 91.3 Å². The number of nitrogens with two attached hydrogens (primary N) is 2. The van der Waals surface area contributed by atoms with E-state index in [9.17, 15) is 40.2 Å². The maximum absolute atomic E-state index is 16.7. The Morgan fingerprint density at radius 3 is 2.40 bits per heavy atom. The number of aryl methyl sites for hydroxylation is 1. The van der Waals surface area contributed by atoms with Gasteiger partial charge in [-0.3, -0.25) is 9.59 Å². The van der Waals surface area contributed by atoms with E-state index in [-0.39, 0.29) is 80.0 Å². The molecule has 4 saturated carbocycles. The molecule has 12 nitrogen and oxygen atoms in total. The summed E-state index contributed by atoms with van der Waals surface area (Å²) in [6, 6.07) is 8.25. The number of nitrogens with zero attached hydrogens (tertiary/aromatic N) is 1. The summed E-state index contributed by atoms with van der Waals surface area (Å²) in [6.45, 7) is 7.71. The number of guanidine groups is 1. The molecule has 1 aromatic rings. The molecule has 10 aliphatic rings. The van der Waals surface area contributed by atoms with Crippen LogP contribution in [0.3, 0.4) is 0 Å². The van der Waals surface area contributed by atoms with Crippen LogP contribution in [0.5, 0.6) is 0 Å². The fourth-order valence-electron chi connectivity index (χ4n) is 18.3. The van der Waals surface area contributed by atoms with Crippen molar-refractivity contribution in [2.75, 3.05) is 0 Å². The van der Waals surface area contributed by atoms with Crippen LogP contribution in [0.1, 0.15) is 129 Å². The van der Waals surface area contributed by atoms with Gasteiger partial charge in [-0.2, -0.15) is 0 Å². The minimum absolute atomic E-state index is 0.000753. The number of aliphatic carboxylic acids is 1. The van der Waals surface area contributed by atoms with E-state index in [0.29, 0.717) is 49.7 Å². The van der Waals surface area contributed by atoms with Crippen molar-refractivity contribution in [1.82, 2.24) is 0 Å². The maximum atomic E-state index is 16.7. The van der Waals surface area contributed by atoms with E-state index in [0.717, 1.165) is 17.6 Å². The van der Waals surface area contributed by atoms with Crippen molar-refractivity contribution >= 4 is 29.6 Å². The number of hydrogen-bond acceptors (Lipinski definition) is 9.